The lowest BCUT2D eigenvalue weighted by Gasteiger charge is -2.36. The van der Waals surface area contributed by atoms with E-state index in [1.165, 1.54) is 24.3 Å². The summed E-state index contributed by atoms with van der Waals surface area (Å²) in [6, 6.07) is 13.0. The summed E-state index contributed by atoms with van der Waals surface area (Å²) in [5.41, 5.74) is 8.80. The first-order valence-electron chi connectivity index (χ1n) is 9.90. The number of aromatic nitrogens is 2. The van der Waals surface area contributed by atoms with Crippen LogP contribution in [0.5, 0.6) is 5.75 Å². The number of likely N-dealkylation sites (tertiary alicyclic amines) is 1. The highest BCUT2D eigenvalue weighted by Crippen LogP contribution is 2.37. The fourth-order valence-electron chi connectivity index (χ4n) is 3.89. The number of rotatable bonds is 4. The van der Waals surface area contributed by atoms with Crippen LogP contribution in [0.2, 0.25) is 0 Å². The monoisotopic (exact) mass is 406 g/mol. The summed E-state index contributed by atoms with van der Waals surface area (Å²) in [5.74, 6) is 0.369. The van der Waals surface area contributed by atoms with Crippen molar-refractivity contribution in [1.29, 1.82) is 0 Å². The molecule has 1 saturated heterocycles. The van der Waals surface area contributed by atoms with Crippen molar-refractivity contribution in [2.45, 2.75) is 25.3 Å². The van der Waals surface area contributed by atoms with Gasteiger partial charge in [-0.2, -0.15) is 0 Å². The van der Waals surface area contributed by atoms with Crippen LogP contribution in [0.25, 0.3) is 11.1 Å². The van der Waals surface area contributed by atoms with E-state index in [0.29, 0.717) is 17.8 Å². The predicted molar refractivity (Wildman–Crippen MR) is 112 cm³/mol. The van der Waals surface area contributed by atoms with Crippen LogP contribution in [0.15, 0.2) is 54.7 Å². The Kier molecular flexibility index (Phi) is 5.61. The number of nitrogens with zero attached hydrogens (tertiary/aromatic N) is 3. The van der Waals surface area contributed by atoms with Crippen molar-refractivity contribution in [1.82, 2.24) is 14.9 Å². The van der Waals surface area contributed by atoms with Crippen LogP contribution in [0, 0.1) is 5.82 Å². The maximum Gasteiger partial charge on any atom is 0.254 e. The van der Waals surface area contributed by atoms with Crippen LogP contribution in [0.3, 0.4) is 0 Å². The number of carbonyl (C=O) groups is 1. The minimum atomic E-state index is -0.370. The molecule has 7 heteroatoms. The molecular formula is C23H23FN4O2. The molecule has 0 unspecified atom stereocenters. The van der Waals surface area contributed by atoms with Crippen LogP contribution < -0.4 is 10.5 Å². The lowest BCUT2D eigenvalue weighted by atomic mass is 9.93. The molecule has 30 heavy (non-hydrogen) atoms. The van der Waals surface area contributed by atoms with E-state index >= 15 is 0 Å². The molecule has 1 fully saturated rings. The van der Waals surface area contributed by atoms with Crippen molar-refractivity contribution in [3.05, 3.63) is 71.8 Å². The standard InChI is InChI=1S/C23H23FN4O2/c1-30-18-6-4-5-16(13-18)19-14-26-23(25)27-21(19)20-7-2-3-12-28(20)22(29)15-8-10-17(24)11-9-15/h4-6,8-11,13-14,20H,2-3,7,12H2,1H3,(H2,25,26,27)/t20-/m1/s1. The maximum atomic E-state index is 13.3. The summed E-state index contributed by atoms with van der Waals surface area (Å²) in [5, 5.41) is 0. The van der Waals surface area contributed by atoms with Gasteiger partial charge < -0.3 is 15.4 Å². The zero-order chi connectivity index (χ0) is 21.1. The van der Waals surface area contributed by atoms with E-state index < -0.39 is 0 Å². The zero-order valence-electron chi connectivity index (χ0n) is 16.7. The molecule has 1 amide bonds. The molecule has 2 N–H and O–H groups in total. The molecule has 6 nitrogen and oxygen atoms in total. The Bertz CT molecular complexity index is 1060. The van der Waals surface area contributed by atoms with Crippen LogP contribution in [0.4, 0.5) is 10.3 Å². The molecule has 0 radical (unpaired) electrons. The third-order valence-corrected chi connectivity index (χ3v) is 5.39. The molecular weight excluding hydrogens is 383 g/mol. The van der Waals surface area contributed by atoms with E-state index in [1.54, 1.807) is 13.3 Å². The van der Waals surface area contributed by atoms with Gasteiger partial charge in [0.15, 0.2) is 0 Å². The quantitative estimate of drug-likeness (QED) is 0.701. The van der Waals surface area contributed by atoms with Gasteiger partial charge in [0.1, 0.15) is 11.6 Å². The fraction of sp³-hybridized carbons (Fsp3) is 0.261. The molecule has 2 heterocycles. The number of halogens is 1. The van der Waals surface area contributed by atoms with Gasteiger partial charge in [0.25, 0.3) is 5.91 Å². The second kappa shape index (κ2) is 8.49. The first-order valence-corrected chi connectivity index (χ1v) is 9.90. The van der Waals surface area contributed by atoms with Crippen molar-refractivity contribution >= 4 is 11.9 Å². The number of benzene rings is 2. The molecule has 1 aliphatic rings. The van der Waals surface area contributed by atoms with Crippen LogP contribution in [-0.4, -0.2) is 34.4 Å². The van der Waals surface area contributed by atoms with Gasteiger partial charge in [-0.3, -0.25) is 4.79 Å². The number of hydrogen-bond donors (Lipinski definition) is 1. The number of anilines is 1. The SMILES string of the molecule is COc1cccc(-c2cnc(N)nc2[C@H]2CCCCN2C(=O)c2ccc(F)cc2)c1. The Balaban J connectivity index is 1.76. The average Bonchev–Trinajstić information content (AvgIpc) is 2.79. The topological polar surface area (TPSA) is 81.3 Å². The van der Waals surface area contributed by atoms with E-state index in [-0.39, 0.29) is 23.7 Å². The molecule has 1 atom stereocenters. The van der Waals surface area contributed by atoms with E-state index in [2.05, 4.69) is 9.97 Å². The lowest BCUT2D eigenvalue weighted by molar-refractivity contribution is 0.0607. The first-order chi connectivity index (χ1) is 14.6. The second-order valence-electron chi connectivity index (χ2n) is 7.28. The van der Waals surface area contributed by atoms with Gasteiger partial charge in [0, 0.05) is 23.9 Å². The number of nitrogens with two attached hydrogens (primary N) is 1. The maximum absolute atomic E-state index is 13.3. The van der Waals surface area contributed by atoms with Gasteiger partial charge >= 0.3 is 0 Å². The Morgan fingerprint density at radius 3 is 2.77 bits per heavy atom. The number of hydrogen-bond acceptors (Lipinski definition) is 5. The number of carbonyl (C=O) groups excluding carboxylic acids is 1. The number of amides is 1. The molecule has 1 aliphatic heterocycles. The summed E-state index contributed by atoms with van der Waals surface area (Å²) in [4.78, 5) is 23.8. The lowest BCUT2D eigenvalue weighted by Crippen LogP contribution is -2.39. The molecule has 4 rings (SSSR count). The van der Waals surface area contributed by atoms with Gasteiger partial charge in [-0.05, 0) is 61.2 Å². The van der Waals surface area contributed by atoms with Crippen molar-refractivity contribution in [3.8, 4) is 16.9 Å². The van der Waals surface area contributed by atoms with Crippen LogP contribution >= 0.6 is 0 Å². The Morgan fingerprint density at radius 2 is 2.00 bits per heavy atom. The van der Waals surface area contributed by atoms with E-state index in [4.69, 9.17) is 10.5 Å². The van der Waals surface area contributed by atoms with Gasteiger partial charge in [0.05, 0.1) is 18.8 Å². The average molecular weight is 406 g/mol. The summed E-state index contributed by atoms with van der Waals surface area (Å²) < 4.78 is 18.7. The van der Waals surface area contributed by atoms with Crippen molar-refractivity contribution < 1.29 is 13.9 Å². The molecule has 1 aromatic heterocycles. The molecule has 0 bridgehead atoms. The third kappa shape index (κ3) is 3.96. The Labute approximate surface area is 174 Å². The Hall–Kier alpha value is -3.48. The predicted octanol–water partition coefficient (Wildman–Crippen LogP) is 4.24. The fourth-order valence-corrected chi connectivity index (χ4v) is 3.89. The summed E-state index contributed by atoms with van der Waals surface area (Å²) in [6.45, 7) is 0.600. The highest BCUT2D eigenvalue weighted by Gasteiger charge is 2.32. The third-order valence-electron chi connectivity index (χ3n) is 5.39. The Morgan fingerprint density at radius 1 is 1.20 bits per heavy atom. The molecule has 0 spiro atoms. The van der Waals surface area contributed by atoms with Crippen molar-refractivity contribution in [2.75, 3.05) is 19.4 Å². The van der Waals surface area contributed by atoms with E-state index in [0.717, 1.165) is 36.1 Å². The van der Waals surface area contributed by atoms with Gasteiger partial charge in [0.2, 0.25) is 5.95 Å². The van der Waals surface area contributed by atoms with Crippen molar-refractivity contribution in [2.24, 2.45) is 0 Å². The number of nitrogen functional groups attached to an aromatic ring is 1. The van der Waals surface area contributed by atoms with Crippen molar-refractivity contribution in [3.63, 3.8) is 0 Å². The first kappa shape index (κ1) is 19.8. The molecule has 154 valence electrons. The minimum absolute atomic E-state index is 0.145. The molecule has 0 aliphatic carbocycles. The highest BCUT2D eigenvalue weighted by atomic mass is 19.1. The largest absolute Gasteiger partial charge is 0.497 e. The smallest absolute Gasteiger partial charge is 0.254 e. The summed E-state index contributed by atoms with van der Waals surface area (Å²) in [6.07, 6.45) is 4.33. The second-order valence-corrected chi connectivity index (χ2v) is 7.28. The van der Waals surface area contributed by atoms with E-state index in [1.807, 2.05) is 29.2 Å². The minimum Gasteiger partial charge on any atom is -0.497 e. The normalized spacial score (nSPS) is 16.3. The number of piperidine rings is 1. The van der Waals surface area contributed by atoms with Crippen LogP contribution in [-0.2, 0) is 0 Å². The molecule has 3 aromatic rings. The van der Waals surface area contributed by atoms with E-state index in [9.17, 15) is 9.18 Å². The molecule has 0 saturated carbocycles. The number of methoxy groups -OCH3 is 1. The summed E-state index contributed by atoms with van der Waals surface area (Å²) in [7, 11) is 1.61. The zero-order valence-corrected chi connectivity index (χ0v) is 16.7. The summed E-state index contributed by atoms with van der Waals surface area (Å²) >= 11 is 0. The molecule has 2 aromatic carbocycles. The van der Waals surface area contributed by atoms with Gasteiger partial charge in [-0.1, -0.05) is 12.1 Å². The van der Waals surface area contributed by atoms with Gasteiger partial charge in [-0.15, -0.1) is 0 Å². The van der Waals surface area contributed by atoms with Crippen LogP contribution in [0.1, 0.15) is 41.4 Å². The van der Waals surface area contributed by atoms with Gasteiger partial charge in [-0.25, -0.2) is 14.4 Å². The number of ether oxygens (including phenoxy) is 1. The highest BCUT2D eigenvalue weighted by molar-refractivity contribution is 5.94.